The molecular formula is C16H17ClN2. The first-order valence-electron chi connectivity index (χ1n) is 6.13. The highest BCUT2D eigenvalue weighted by Gasteiger charge is 2.27. The number of benzene rings is 2. The van der Waals surface area contributed by atoms with Gasteiger partial charge in [-0.3, -0.25) is 0 Å². The average Bonchev–Trinajstić information content (AvgIpc) is 2.46. The number of hydrogen-bond donors (Lipinski definition) is 2. The summed E-state index contributed by atoms with van der Waals surface area (Å²) in [5.74, 6) is 0. The maximum absolute atomic E-state index is 5.96. The predicted octanol–water partition coefficient (Wildman–Crippen LogP) is 3.62. The van der Waals surface area contributed by atoms with E-state index in [0.717, 1.165) is 16.1 Å². The van der Waals surface area contributed by atoms with Gasteiger partial charge in [0.2, 0.25) is 0 Å². The molecular weight excluding hydrogens is 256 g/mol. The first-order chi connectivity index (χ1) is 9.16. The number of nitrogens with one attached hydrogen (secondary N) is 1. The Labute approximate surface area is 118 Å². The van der Waals surface area contributed by atoms with Crippen LogP contribution in [0, 0.1) is 0 Å². The molecule has 0 saturated heterocycles. The molecule has 1 unspecified atom stereocenters. The molecule has 0 radical (unpaired) electrons. The molecule has 3 N–H and O–H groups in total. The smallest absolute Gasteiger partial charge is 0.0846 e. The van der Waals surface area contributed by atoms with Crippen molar-refractivity contribution >= 4 is 11.6 Å². The van der Waals surface area contributed by atoms with Crippen molar-refractivity contribution in [2.24, 2.45) is 5.73 Å². The Hall–Kier alpha value is -1.93. The molecule has 1 atom stereocenters. The number of nitrogens with two attached hydrogens (primary N) is 1. The van der Waals surface area contributed by atoms with Gasteiger partial charge in [-0.25, -0.2) is 0 Å². The molecule has 0 aromatic heterocycles. The second-order valence-electron chi connectivity index (χ2n) is 4.50. The van der Waals surface area contributed by atoms with Gasteiger partial charge < -0.3 is 11.1 Å². The molecule has 19 heavy (non-hydrogen) atoms. The van der Waals surface area contributed by atoms with Gasteiger partial charge in [0.15, 0.2) is 0 Å². The number of halogens is 1. The normalized spacial score (nSPS) is 14.2. The Morgan fingerprint density at radius 1 is 1.00 bits per heavy atom. The van der Waals surface area contributed by atoms with E-state index in [1.165, 1.54) is 6.20 Å². The van der Waals surface area contributed by atoms with Crippen LogP contribution in [0.1, 0.15) is 18.1 Å². The minimum absolute atomic E-state index is 0.346. The summed E-state index contributed by atoms with van der Waals surface area (Å²) in [7, 11) is 0. The molecule has 0 saturated carbocycles. The van der Waals surface area contributed by atoms with E-state index in [4.69, 9.17) is 17.3 Å². The zero-order chi connectivity index (χ0) is 13.7. The third kappa shape index (κ3) is 2.91. The Bertz CT molecular complexity index is 549. The molecule has 2 nitrogen and oxygen atoms in total. The zero-order valence-electron chi connectivity index (χ0n) is 10.8. The van der Waals surface area contributed by atoms with Crippen LogP contribution in [-0.4, -0.2) is 0 Å². The molecule has 0 aliphatic carbocycles. The Kier molecular flexibility index (Phi) is 4.13. The van der Waals surface area contributed by atoms with Crippen molar-refractivity contribution in [2.75, 3.05) is 0 Å². The first-order valence-corrected chi connectivity index (χ1v) is 6.50. The summed E-state index contributed by atoms with van der Waals surface area (Å²) in [4.78, 5) is 0. The largest absolute Gasteiger partial charge is 0.403 e. The van der Waals surface area contributed by atoms with E-state index in [0.29, 0.717) is 0 Å². The van der Waals surface area contributed by atoms with Crippen LogP contribution in [0.5, 0.6) is 0 Å². The number of hydrogen-bond acceptors (Lipinski definition) is 2. The van der Waals surface area contributed by atoms with Crippen molar-refractivity contribution in [3.63, 3.8) is 0 Å². The topological polar surface area (TPSA) is 38.0 Å². The van der Waals surface area contributed by atoms with Gasteiger partial charge in [-0.2, -0.15) is 0 Å². The summed E-state index contributed by atoms with van der Waals surface area (Å²) in [6.45, 7) is 2.12. The van der Waals surface area contributed by atoms with Crippen molar-refractivity contribution in [2.45, 2.75) is 12.5 Å². The molecule has 0 bridgehead atoms. The summed E-state index contributed by atoms with van der Waals surface area (Å²) in [6.07, 6.45) is 3.25. The van der Waals surface area contributed by atoms with Gasteiger partial charge in [0, 0.05) is 17.4 Å². The zero-order valence-corrected chi connectivity index (χ0v) is 11.6. The van der Waals surface area contributed by atoms with E-state index < -0.39 is 0 Å². The lowest BCUT2D eigenvalue weighted by Gasteiger charge is -2.31. The van der Waals surface area contributed by atoms with Crippen LogP contribution < -0.4 is 11.1 Å². The molecule has 0 aliphatic heterocycles. The van der Waals surface area contributed by atoms with Crippen molar-refractivity contribution in [3.8, 4) is 0 Å². The second kappa shape index (κ2) is 5.81. The SMILES string of the molecule is CC(N/C=C\N)(c1ccccc1)c1ccc(Cl)cc1. The lowest BCUT2D eigenvalue weighted by Crippen LogP contribution is -2.37. The van der Waals surface area contributed by atoms with Crippen LogP contribution in [0.2, 0.25) is 5.02 Å². The van der Waals surface area contributed by atoms with Gasteiger partial charge in [0.25, 0.3) is 0 Å². The Morgan fingerprint density at radius 2 is 1.58 bits per heavy atom. The Morgan fingerprint density at radius 3 is 2.16 bits per heavy atom. The molecule has 0 spiro atoms. The quantitative estimate of drug-likeness (QED) is 0.892. The molecule has 2 rings (SSSR count). The Balaban J connectivity index is 2.48. The van der Waals surface area contributed by atoms with E-state index in [1.54, 1.807) is 6.20 Å². The molecule has 98 valence electrons. The summed E-state index contributed by atoms with van der Waals surface area (Å²) in [5, 5.41) is 4.08. The fourth-order valence-electron chi connectivity index (χ4n) is 2.10. The van der Waals surface area contributed by atoms with Crippen LogP contribution >= 0.6 is 11.6 Å². The standard InChI is InChI=1S/C16H17ClN2/c1-16(19-12-11-18,13-5-3-2-4-6-13)14-7-9-15(17)10-8-14/h2-12,19H,18H2,1H3/b12-11-. The van der Waals surface area contributed by atoms with Crippen molar-refractivity contribution in [1.29, 1.82) is 0 Å². The minimum atomic E-state index is -0.346. The van der Waals surface area contributed by atoms with Gasteiger partial charge in [-0.05, 0) is 30.2 Å². The molecule has 0 fully saturated rings. The highest BCUT2D eigenvalue weighted by Crippen LogP contribution is 2.30. The lowest BCUT2D eigenvalue weighted by molar-refractivity contribution is 0.507. The molecule has 2 aromatic carbocycles. The maximum atomic E-state index is 5.96. The third-order valence-corrected chi connectivity index (χ3v) is 3.49. The highest BCUT2D eigenvalue weighted by atomic mass is 35.5. The van der Waals surface area contributed by atoms with Gasteiger partial charge in [-0.15, -0.1) is 0 Å². The minimum Gasteiger partial charge on any atom is -0.403 e. The van der Waals surface area contributed by atoms with Crippen LogP contribution in [0.4, 0.5) is 0 Å². The van der Waals surface area contributed by atoms with Crippen molar-refractivity contribution < 1.29 is 0 Å². The lowest BCUT2D eigenvalue weighted by atomic mass is 9.85. The first kappa shape index (κ1) is 13.5. The molecule has 0 heterocycles. The van der Waals surface area contributed by atoms with Crippen LogP contribution in [0.25, 0.3) is 0 Å². The fraction of sp³-hybridized carbons (Fsp3) is 0.125. The third-order valence-electron chi connectivity index (χ3n) is 3.24. The van der Waals surface area contributed by atoms with E-state index in [9.17, 15) is 0 Å². The summed E-state index contributed by atoms with van der Waals surface area (Å²) >= 11 is 5.96. The summed E-state index contributed by atoms with van der Waals surface area (Å²) in [5.41, 5.74) is 7.39. The monoisotopic (exact) mass is 272 g/mol. The second-order valence-corrected chi connectivity index (χ2v) is 4.94. The fourth-order valence-corrected chi connectivity index (χ4v) is 2.23. The van der Waals surface area contributed by atoms with Gasteiger partial charge in [-0.1, -0.05) is 54.1 Å². The summed E-state index contributed by atoms with van der Waals surface area (Å²) < 4.78 is 0. The molecule has 3 heteroatoms. The van der Waals surface area contributed by atoms with E-state index in [2.05, 4.69) is 24.4 Å². The van der Waals surface area contributed by atoms with Crippen LogP contribution in [0.15, 0.2) is 67.0 Å². The van der Waals surface area contributed by atoms with Crippen LogP contribution in [-0.2, 0) is 5.54 Å². The van der Waals surface area contributed by atoms with Gasteiger partial charge >= 0.3 is 0 Å². The van der Waals surface area contributed by atoms with Crippen molar-refractivity contribution in [3.05, 3.63) is 83.1 Å². The molecule has 0 aliphatic rings. The van der Waals surface area contributed by atoms with E-state index in [1.807, 2.05) is 42.5 Å². The van der Waals surface area contributed by atoms with E-state index in [-0.39, 0.29) is 5.54 Å². The average molecular weight is 273 g/mol. The highest BCUT2D eigenvalue weighted by molar-refractivity contribution is 6.30. The maximum Gasteiger partial charge on any atom is 0.0846 e. The molecule has 2 aromatic rings. The number of rotatable bonds is 4. The van der Waals surface area contributed by atoms with Gasteiger partial charge in [0.05, 0.1) is 5.54 Å². The van der Waals surface area contributed by atoms with E-state index >= 15 is 0 Å². The predicted molar refractivity (Wildman–Crippen MR) is 80.8 cm³/mol. The molecule has 0 amide bonds. The summed E-state index contributed by atoms with van der Waals surface area (Å²) in [6, 6.07) is 18.1. The van der Waals surface area contributed by atoms with Crippen molar-refractivity contribution in [1.82, 2.24) is 5.32 Å². The van der Waals surface area contributed by atoms with Gasteiger partial charge in [0.1, 0.15) is 0 Å². The van der Waals surface area contributed by atoms with Crippen LogP contribution in [0.3, 0.4) is 0 Å².